The average molecular weight is 317 g/mol. The molecule has 1 aliphatic rings. The van der Waals surface area contributed by atoms with Crippen LogP contribution in [0, 0.1) is 0 Å². The second kappa shape index (κ2) is 5.30. The van der Waals surface area contributed by atoms with Crippen molar-refractivity contribution < 1.29 is 19.1 Å². The first kappa shape index (κ1) is 14.6. The standard InChI is InChI=1S/C12H10Cl2N2O4/c1-20-7-3-2-6(8(13)4-7)5-12(14)9(17)15-11(19)16-10(12)18/h2-4H,5H2,1H3,(H2,15,16,17,18,19). The summed E-state index contributed by atoms with van der Waals surface area (Å²) in [5.74, 6) is -1.21. The van der Waals surface area contributed by atoms with E-state index in [9.17, 15) is 14.4 Å². The Morgan fingerprint density at radius 2 is 1.80 bits per heavy atom. The highest BCUT2D eigenvalue weighted by Crippen LogP contribution is 2.30. The number of hydrogen-bond acceptors (Lipinski definition) is 4. The summed E-state index contributed by atoms with van der Waals surface area (Å²) in [6.45, 7) is 0. The van der Waals surface area contributed by atoms with Crippen LogP contribution in [0.2, 0.25) is 5.02 Å². The zero-order valence-corrected chi connectivity index (χ0v) is 11.8. The summed E-state index contributed by atoms with van der Waals surface area (Å²) in [6, 6.07) is 3.88. The van der Waals surface area contributed by atoms with Gasteiger partial charge in [-0.3, -0.25) is 20.2 Å². The maximum absolute atomic E-state index is 11.8. The Hall–Kier alpha value is -1.79. The molecule has 0 bridgehead atoms. The van der Waals surface area contributed by atoms with Gasteiger partial charge in [0.2, 0.25) is 4.87 Å². The van der Waals surface area contributed by atoms with Crippen molar-refractivity contribution in [2.45, 2.75) is 11.3 Å². The van der Waals surface area contributed by atoms with E-state index in [2.05, 4.69) is 0 Å². The van der Waals surface area contributed by atoms with Gasteiger partial charge in [-0.2, -0.15) is 0 Å². The van der Waals surface area contributed by atoms with Gasteiger partial charge in [0.1, 0.15) is 5.75 Å². The second-order valence-corrected chi connectivity index (χ2v) is 5.23. The Morgan fingerprint density at radius 3 is 2.30 bits per heavy atom. The molecule has 1 aromatic carbocycles. The van der Waals surface area contributed by atoms with Gasteiger partial charge in [0, 0.05) is 11.4 Å². The van der Waals surface area contributed by atoms with E-state index in [4.69, 9.17) is 27.9 Å². The predicted molar refractivity (Wildman–Crippen MR) is 72.0 cm³/mol. The third-order valence-electron chi connectivity index (χ3n) is 2.87. The molecule has 0 saturated carbocycles. The highest BCUT2D eigenvalue weighted by Gasteiger charge is 2.49. The molecule has 1 aliphatic heterocycles. The van der Waals surface area contributed by atoms with Crippen LogP contribution in [0.1, 0.15) is 5.56 Å². The fraction of sp³-hybridized carbons (Fsp3) is 0.250. The van der Waals surface area contributed by atoms with Crippen molar-refractivity contribution in [1.82, 2.24) is 10.6 Å². The highest BCUT2D eigenvalue weighted by atomic mass is 35.5. The number of barbiturate groups is 1. The van der Waals surface area contributed by atoms with Crippen molar-refractivity contribution in [3.8, 4) is 5.75 Å². The van der Waals surface area contributed by atoms with Crippen molar-refractivity contribution in [3.63, 3.8) is 0 Å². The number of alkyl halides is 1. The molecular formula is C12H10Cl2N2O4. The van der Waals surface area contributed by atoms with Crippen molar-refractivity contribution in [1.29, 1.82) is 0 Å². The molecule has 0 radical (unpaired) electrons. The predicted octanol–water partition coefficient (Wildman–Crippen LogP) is 1.23. The van der Waals surface area contributed by atoms with Gasteiger partial charge in [0.25, 0.3) is 11.8 Å². The molecule has 0 aromatic heterocycles. The van der Waals surface area contributed by atoms with Crippen LogP contribution in [-0.2, 0) is 16.0 Å². The number of nitrogens with one attached hydrogen (secondary N) is 2. The zero-order valence-electron chi connectivity index (χ0n) is 10.3. The number of rotatable bonds is 3. The fourth-order valence-electron chi connectivity index (χ4n) is 1.76. The molecule has 0 atom stereocenters. The molecule has 4 amide bonds. The second-order valence-electron chi connectivity index (χ2n) is 4.17. The third-order valence-corrected chi connectivity index (χ3v) is 3.70. The topological polar surface area (TPSA) is 84.5 Å². The van der Waals surface area contributed by atoms with E-state index in [1.54, 1.807) is 18.2 Å². The molecule has 2 rings (SSSR count). The van der Waals surface area contributed by atoms with E-state index in [1.165, 1.54) is 7.11 Å². The number of urea groups is 1. The van der Waals surface area contributed by atoms with Crippen molar-refractivity contribution in [3.05, 3.63) is 28.8 Å². The molecule has 8 heteroatoms. The summed E-state index contributed by atoms with van der Waals surface area (Å²) >= 11 is 12.1. The van der Waals surface area contributed by atoms with E-state index in [0.717, 1.165) is 0 Å². The van der Waals surface area contributed by atoms with Crippen molar-refractivity contribution in [2.24, 2.45) is 0 Å². The van der Waals surface area contributed by atoms with Crippen LogP contribution < -0.4 is 15.4 Å². The Kier molecular flexibility index (Phi) is 3.87. The summed E-state index contributed by atoms with van der Waals surface area (Å²) < 4.78 is 5.00. The number of benzene rings is 1. The maximum Gasteiger partial charge on any atom is 0.328 e. The number of amides is 4. The number of carbonyl (C=O) groups is 3. The van der Waals surface area contributed by atoms with E-state index >= 15 is 0 Å². The molecule has 1 fully saturated rings. The molecule has 6 nitrogen and oxygen atoms in total. The SMILES string of the molecule is COc1ccc(CC2(Cl)C(=O)NC(=O)NC2=O)c(Cl)c1. The molecule has 1 aromatic rings. The van der Waals surface area contributed by atoms with Gasteiger partial charge in [-0.15, -0.1) is 0 Å². The quantitative estimate of drug-likeness (QED) is 0.649. The Labute approximate surface area is 124 Å². The first-order valence-electron chi connectivity index (χ1n) is 5.55. The summed E-state index contributed by atoms with van der Waals surface area (Å²) in [5.41, 5.74) is 0.488. The van der Waals surface area contributed by atoms with Gasteiger partial charge in [-0.05, 0) is 17.7 Å². The number of hydrogen-bond donors (Lipinski definition) is 2. The number of carbonyl (C=O) groups excluding carboxylic acids is 3. The van der Waals surface area contributed by atoms with Gasteiger partial charge in [-0.1, -0.05) is 29.3 Å². The first-order valence-corrected chi connectivity index (χ1v) is 6.30. The maximum atomic E-state index is 11.8. The molecule has 1 saturated heterocycles. The molecule has 0 spiro atoms. The molecule has 0 unspecified atom stereocenters. The average Bonchev–Trinajstić information content (AvgIpc) is 2.39. The highest BCUT2D eigenvalue weighted by molar-refractivity contribution is 6.49. The molecule has 20 heavy (non-hydrogen) atoms. The normalized spacial score (nSPS) is 17.4. The smallest absolute Gasteiger partial charge is 0.328 e. The Morgan fingerprint density at radius 1 is 1.20 bits per heavy atom. The van der Waals surface area contributed by atoms with E-state index in [0.29, 0.717) is 16.3 Å². The summed E-state index contributed by atoms with van der Waals surface area (Å²) in [7, 11) is 1.49. The largest absolute Gasteiger partial charge is 0.497 e. The number of methoxy groups -OCH3 is 1. The van der Waals surface area contributed by atoms with E-state index < -0.39 is 22.7 Å². The summed E-state index contributed by atoms with van der Waals surface area (Å²) in [6.07, 6.45) is -0.150. The molecule has 1 heterocycles. The lowest BCUT2D eigenvalue weighted by Gasteiger charge is -2.28. The van der Waals surface area contributed by atoms with Crippen LogP contribution in [0.15, 0.2) is 18.2 Å². The monoisotopic (exact) mass is 316 g/mol. The number of imide groups is 2. The zero-order chi connectivity index (χ0) is 14.9. The van der Waals surface area contributed by atoms with E-state index in [1.807, 2.05) is 10.6 Å². The lowest BCUT2D eigenvalue weighted by Crippen LogP contribution is -2.64. The lowest BCUT2D eigenvalue weighted by atomic mass is 9.95. The summed E-state index contributed by atoms with van der Waals surface area (Å²) in [4.78, 5) is 32.7. The van der Waals surface area contributed by atoms with Gasteiger partial charge in [0.15, 0.2) is 0 Å². The number of ether oxygens (including phenoxy) is 1. The van der Waals surface area contributed by atoms with Crippen LogP contribution in [-0.4, -0.2) is 29.8 Å². The Balaban J connectivity index is 2.30. The van der Waals surface area contributed by atoms with E-state index in [-0.39, 0.29) is 6.42 Å². The van der Waals surface area contributed by atoms with Crippen LogP contribution in [0.4, 0.5) is 4.79 Å². The minimum Gasteiger partial charge on any atom is -0.497 e. The van der Waals surface area contributed by atoms with Gasteiger partial charge < -0.3 is 4.74 Å². The van der Waals surface area contributed by atoms with Gasteiger partial charge >= 0.3 is 6.03 Å². The number of halogens is 2. The minimum atomic E-state index is -1.91. The molecule has 2 N–H and O–H groups in total. The van der Waals surface area contributed by atoms with Gasteiger partial charge in [-0.25, -0.2) is 4.79 Å². The van der Waals surface area contributed by atoms with Crippen LogP contribution in [0.25, 0.3) is 0 Å². The Bertz CT molecular complexity index is 583. The van der Waals surface area contributed by atoms with Crippen LogP contribution in [0.5, 0.6) is 5.75 Å². The third kappa shape index (κ3) is 2.57. The van der Waals surface area contributed by atoms with Crippen molar-refractivity contribution in [2.75, 3.05) is 7.11 Å². The summed E-state index contributed by atoms with van der Waals surface area (Å²) in [5, 5.41) is 4.21. The van der Waals surface area contributed by atoms with Crippen molar-refractivity contribution >= 4 is 41.0 Å². The molecular weight excluding hydrogens is 307 g/mol. The first-order chi connectivity index (χ1) is 9.36. The lowest BCUT2D eigenvalue weighted by molar-refractivity contribution is -0.133. The molecule has 0 aliphatic carbocycles. The van der Waals surface area contributed by atoms with Crippen LogP contribution in [0.3, 0.4) is 0 Å². The fourth-order valence-corrected chi connectivity index (χ4v) is 2.24. The van der Waals surface area contributed by atoms with Crippen LogP contribution >= 0.6 is 23.2 Å². The van der Waals surface area contributed by atoms with Gasteiger partial charge in [0.05, 0.1) is 7.11 Å². The minimum absolute atomic E-state index is 0.150. The molecule has 106 valence electrons.